The topological polar surface area (TPSA) is 33.0 Å². The molecule has 0 amide bonds. The summed E-state index contributed by atoms with van der Waals surface area (Å²) in [5.41, 5.74) is -0.789. The molecule has 2 aromatic rings. The van der Waals surface area contributed by atoms with Crippen molar-refractivity contribution >= 4 is 0 Å². The maximum absolute atomic E-state index is 14.9. The Morgan fingerprint density at radius 2 is 1.65 bits per heavy atom. The fraction of sp³-hybridized carbons (Fsp3) is 0.519. The van der Waals surface area contributed by atoms with Crippen molar-refractivity contribution in [1.82, 2.24) is 0 Å². The predicted octanol–water partition coefficient (Wildman–Crippen LogP) is 8.23. The largest absolute Gasteiger partial charge is 0.429 e. The summed E-state index contributed by atoms with van der Waals surface area (Å²) in [4.78, 5) is 0. The van der Waals surface area contributed by atoms with Gasteiger partial charge in [0.2, 0.25) is 0 Å². The second-order valence-corrected chi connectivity index (χ2v) is 9.19. The normalized spacial score (nSPS) is 19.4. The predicted molar refractivity (Wildman–Crippen MR) is 120 cm³/mol. The lowest BCUT2D eigenvalue weighted by Crippen LogP contribution is -2.25. The van der Waals surface area contributed by atoms with Gasteiger partial charge >= 0.3 is 6.11 Å². The van der Waals surface area contributed by atoms with Crippen molar-refractivity contribution in [2.75, 3.05) is 0 Å². The third-order valence-corrected chi connectivity index (χ3v) is 6.71. The van der Waals surface area contributed by atoms with Crippen LogP contribution >= 0.6 is 0 Å². The van der Waals surface area contributed by atoms with Crippen molar-refractivity contribution in [2.24, 2.45) is 11.8 Å². The third kappa shape index (κ3) is 6.71. The van der Waals surface area contributed by atoms with Crippen molar-refractivity contribution in [3.63, 3.8) is 0 Å². The van der Waals surface area contributed by atoms with Crippen LogP contribution < -0.4 is 4.74 Å². The average Bonchev–Trinajstić information content (AvgIpc) is 2.79. The molecule has 2 aromatic carbocycles. The van der Waals surface area contributed by atoms with Crippen LogP contribution in [0.1, 0.15) is 75.0 Å². The van der Waals surface area contributed by atoms with Crippen molar-refractivity contribution in [1.29, 1.82) is 5.26 Å². The number of hydrogen-bond acceptors (Lipinski definition) is 2. The van der Waals surface area contributed by atoms with Crippen LogP contribution in [0.15, 0.2) is 36.4 Å². The van der Waals surface area contributed by atoms with Gasteiger partial charge < -0.3 is 4.74 Å². The SMILES string of the molecule is CCCCCC1CCC(C(F)Cc2ccc(C(F)(F)Oc3cc(F)c(C#N)c(F)c3)cc2)CC1. The Morgan fingerprint density at radius 1 is 1.03 bits per heavy atom. The van der Waals surface area contributed by atoms with Gasteiger partial charge in [-0.2, -0.15) is 14.0 Å². The highest BCUT2D eigenvalue weighted by molar-refractivity contribution is 5.38. The fourth-order valence-corrected chi connectivity index (χ4v) is 4.67. The minimum absolute atomic E-state index is 0.00643. The molecule has 0 aliphatic heterocycles. The first-order chi connectivity index (χ1) is 16.2. The van der Waals surface area contributed by atoms with Gasteiger partial charge in [-0.05, 0) is 42.4 Å². The first-order valence-corrected chi connectivity index (χ1v) is 11.9. The van der Waals surface area contributed by atoms with E-state index in [2.05, 4.69) is 11.7 Å². The van der Waals surface area contributed by atoms with Crippen LogP contribution in [0.3, 0.4) is 0 Å². The van der Waals surface area contributed by atoms with E-state index in [-0.39, 0.29) is 12.3 Å². The average molecular weight is 480 g/mol. The van der Waals surface area contributed by atoms with Gasteiger partial charge in [0, 0.05) is 18.6 Å². The van der Waals surface area contributed by atoms with Crippen molar-refractivity contribution < 1.29 is 26.7 Å². The van der Waals surface area contributed by atoms with Crippen LogP contribution in [0.4, 0.5) is 22.0 Å². The highest BCUT2D eigenvalue weighted by atomic mass is 19.3. The Morgan fingerprint density at radius 3 is 2.21 bits per heavy atom. The summed E-state index contributed by atoms with van der Waals surface area (Å²) in [5.74, 6) is -2.62. The Bertz CT molecular complexity index is 955. The zero-order valence-electron chi connectivity index (χ0n) is 19.3. The van der Waals surface area contributed by atoms with Gasteiger partial charge in [0.05, 0.1) is 5.56 Å². The molecule has 3 rings (SSSR count). The zero-order chi connectivity index (χ0) is 24.7. The number of unbranched alkanes of at least 4 members (excludes halogenated alkanes) is 2. The Kier molecular flexibility index (Phi) is 8.93. The summed E-state index contributed by atoms with van der Waals surface area (Å²) in [6, 6.07) is 7.50. The van der Waals surface area contributed by atoms with Gasteiger partial charge in [0.1, 0.15) is 35.2 Å². The van der Waals surface area contributed by atoms with Gasteiger partial charge in [0.15, 0.2) is 0 Å². The number of nitrogens with zero attached hydrogens (tertiary/aromatic N) is 1. The van der Waals surface area contributed by atoms with E-state index in [0.717, 1.165) is 37.8 Å². The second kappa shape index (κ2) is 11.7. The smallest absolute Gasteiger partial charge is 0.426 e. The molecule has 0 spiro atoms. The van der Waals surface area contributed by atoms with Crippen molar-refractivity contribution in [3.8, 4) is 11.8 Å². The van der Waals surface area contributed by atoms with Crippen LogP contribution in [0, 0.1) is 34.8 Å². The van der Waals surface area contributed by atoms with Crippen molar-refractivity contribution in [2.45, 2.75) is 77.0 Å². The first-order valence-electron chi connectivity index (χ1n) is 11.9. The minimum atomic E-state index is -3.86. The summed E-state index contributed by atoms with van der Waals surface area (Å²) in [6.07, 6.45) is 3.99. The monoisotopic (exact) mass is 479 g/mol. The van der Waals surface area contributed by atoms with Crippen LogP contribution in [0.5, 0.6) is 5.75 Å². The third-order valence-electron chi connectivity index (χ3n) is 6.71. The molecule has 7 heteroatoms. The van der Waals surface area contributed by atoms with Crippen LogP contribution in [0.2, 0.25) is 0 Å². The number of hydrogen-bond donors (Lipinski definition) is 0. The zero-order valence-corrected chi connectivity index (χ0v) is 19.3. The van der Waals surface area contributed by atoms with E-state index in [4.69, 9.17) is 5.26 Å². The van der Waals surface area contributed by atoms with Gasteiger partial charge in [0.25, 0.3) is 0 Å². The molecule has 1 fully saturated rings. The number of benzene rings is 2. The maximum Gasteiger partial charge on any atom is 0.426 e. The van der Waals surface area contributed by atoms with E-state index in [9.17, 15) is 22.0 Å². The molecular weight excluding hydrogens is 449 g/mol. The molecule has 1 aliphatic rings. The number of rotatable bonds is 10. The molecule has 34 heavy (non-hydrogen) atoms. The number of alkyl halides is 3. The molecule has 1 saturated carbocycles. The molecule has 0 saturated heterocycles. The maximum atomic E-state index is 14.9. The van der Waals surface area contributed by atoms with E-state index in [1.54, 1.807) is 0 Å². The van der Waals surface area contributed by atoms with Gasteiger partial charge in [-0.3, -0.25) is 0 Å². The summed E-state index contributed by atoms with van der Waals surface area (Å²) in [7, 11) is 0. The molecule has 0 N–H and O–H groups in total. The molecule has 1 aliphatic carbocycles. The minimum Gasteiger partial charge on any atom is -0.429 e. The molecule has 0 bridgehead atoms. The fourth-order valence-electron chi connectivity index (χ4n) is 4.67. The van der Waals surface area contributed by atoms with E-state index in [0.29, 0.717) is 23.6 Å². The van der Waals surface area contributed by atoms with Crippen LogP contribution in [-0.4, -0.2) is 6.17 Å². The molecule has 2 nitrogen and oxygen atoms in total. The quantitative estimate of drug-likeness (QED) is 0.254. The molecule has 1 unspecified atom stereocenters. The Labute approximate surface area is 197 Å². The molecule has 0 aromatic heterocycles. The summed E-state index contributed by atoms with van der Waals surface area (Å²) in [5, 5.41) is 8.68. The Balaban J connectivity index is 1.56. The molecule has 1 atom stereocenters. The Hall–Kier alpha value is -2.62. The summed E-state index contributed by atoms with van der Waals surface area (Å²) in [6.45, 7) is 2.18. The van der Waals surface area contributed by atoms with Crippen LogP contribution in [0.25, 0.3) is 0 Å². The number of halogens is 5. The lowest BCUT2D eigenvalue weighted by molar-refractivity contribution is -0.185. The number of nitriles is 1. The van der Waals surface area contributed by atoms with E-state index >= 15 is 0 Å². The van der Waals surface area contributed by atoms with Crippen LogP contribution in [-0.2, 0) is 12.5 Å². The first kappa shape index (κ1) is 26.0. The molecule has 0 radical (unpaired) electrons. The van der Waals surface area contributed by atoms with E-state index < -0.39 is 40.8 Å². The highest BCUT2D eigenvalue weighted by Gasteiger charge is 2.35. The molecule has 184 valence electrons. The number of ether oxygens (including phenoxy) is 1. The van der Waals surface area contributed by atoms with Crippen molar-refractivity contribution in [3.05, 3.63) is 64.7 Å². The lowest BCUT2D eigenvalue weighted by Gasteiger charge is -2.30. The summed E-state index contributed by atoms with van der Waals surface area (Å²) >= 11 is 0. The van der Waals surface area contributed by atoms with Gasteiger partial charge in [-0.25, -0.2) is 13.2 Å². The highest BCUT2D eigenvalue weighted by Crippen LogP contribution is 2.36. The molecular formula is C27H30F5NO. The van der Waals surface area contributed by atoms with Gasteiger partial charge in [-0.1, -0.05) is 57.6 Å². The van der Waals surface area contributed by atoms with E-state index in [1.165, 1.54) is 43.9 Å². The summed E-state index contributed by atoms with van der Waals surface area (Å²) < 4.78 is 75.8. The van der Waals surface area contributed by atoms with E-state index in [1.807, 2.05) is 0 Å². The molecule has 0 heterocycles. The standard InChI is InChI=1S/C27H30F5NO/c1-2-3-4-5-18-6-10-20(11-7-18)24(28)14-19-8-12-21(13-9-19)27(31,32)34-22-15-25(29)23(17-33)26(30)16-22/h8-9,12-13,15-16,18,20,24H,2-7,10-11,14H2,1H3. The lowest BCUT2D eigenvalue weighted by atomic mass is 9.77. The van der Waals surface area contributed by atoms with Gasteiger partial charge in [-0.15, -0.1) is 0 Å². The second-order valence-electron chi connectivity index (χ2n) is 9.19.